The van der Waals surface area contributed by atoms with Crippen LogP contribution >= 0.6 is 23.2 Å². The van der Waals surface area contributed by atoms with E-state index >= 15 is 0 Å². The molecule has 0 spiro atoms. The van der Waals surface area contributed by atoms with E-state index in [0.29, 0.717) is 17.4 Å². The van der Waals surface area contributed by atoms with Crippen LogP contribution in [0.25, 0.3) is 0 Å². The topological polar surface area (TPSA) is 66.9 Å². The first-order valence-electron chi connectivity index (χ1n) is 5.87. The van der Waals surface area contributed by atoms with Crippen molar-refractivity contribution in [3.8, 4) is 0 Å². The molecule has 20 heavy (non-hydrogen) atoms. The fraction of sp³-hybridized carbons (Fsp3) is 0.154. The molecule has 2 rings (SSSR count). The predicted octanol–water partition coefficient (Wildman–Crippen LogP) is 2.51. The van der Waals surface area contributed by atoms with E-state index in [4.69, 9.17) is 23.2 Å². The molecule has 1 heterocycles. The Morgan fingerprint density at radius 2 is 1.95 bits per heavy atom. The molecule has 0 aliphatic rings. The molecule has 2 N–H and O–H groups in total. The van der Waals surface area contributed by atoms with Gasteiger partial charge in [-0.3, -0.25) is 4.79 Å². The normalized spacial score (nSPS) is 10.1. The molecule has 0 saturated carbocycles. The van der Waals surface area contributed by atoms with Crippen molar-refractivity contribution in [1.82, 2.24) is 15.3 Å². The molecule has 0 aliphatic carbocycles. The number of aromatic nitrogens is 2. The van der Waals surface area contributed by atoms with Crippen molar-refractivity contribution < 1.29 is 4.79 Å². The first kappa shape index (κ1) is 14.6. The lowest BCUT2D eigenvalue weighted by molar-refractivity contribution is -0.119. The van der Waals surface area contributed by atoms with Crippen molar-refractivity contribution in [3.63, 3.8) is 0 Å². The number of hydrogen-bond donors (Lipinski definition) is 2. The minimum atomic E-state index is -0.167. The number of nitrogens with one attached hydrogen (secondary N) is 2. The second-order valence-electron chi connectivity index (χ2n) is 3.95. The highest BCUT2D eigenvalue weighted by Crippen LogP contribution is 2.18. The summed E-state index contributed by atoms with van der Waals surface area (Å²) in [6, 6.07) is 9.64. The van der Waals surface area contributed by atoms with Crippen molar-refractivity contribution in [2.75, 3.05) is 11.9 Å². The van der Waals surface area contributed by atoms with Crippen molar-refractivity contribution in [2.24, 2.45) is 0 Å². The molecule has 0 unspecified atom stereocenters. The molecule has 0 fully saturated rings. The Hall–Kier alpha value is -1.85. The molecular formula is C13H12Cl2N4O. The van der Waals surface area contributed by atoms with E-state index in [9.17, 15) is 4.79 Å². The minimum Gasteiger partial charge on any atom is -0.360 e. The summed E-state index contributed by atoms with van der Waals surface area (Å²) in [4.78, 5) is 19.3. The average molecular weight is 311 g/mol. The predicted molar refractivity (Wildman–Crippen MR) is 78.8 cm³/mol. The van der Waals surface area contributed by atoms with Gasteiger partial charge in [0, 0.05) is 6.54 Å². The number of hydrogen-bond acceptors (Lipinski definition) is 4. The highest BCUT2D eigenvalue weighted by atomic mass is 35.5. The van der Waals surface area contributed by atoms with Crippen LogP contribution in [0, 0.1) is 0 Å². The Labute approximate surface area is 126 Å². The smallest absolute Gasteiger partial charge is 0.239 e. The lowest BCUT2D eigenvalue weighted by atomic mass is 10.2. The first-order chi connectivity index (χ1) is 9.65. The summed E-state index contributed by atoms with van der Waals surface area (Å²) >= 11 is 11.5. The minimum absolute atomic E-state index is 0.0555. The van der Waals surface area contributed by atoms with Gasteiger partial charge in [0.15, 0.2) is 0 Å². The fourth-order valence-corrected chi connectivity index (χ4v) is 1.78. The van der Waals surface area contributed by atoms with Crippen LogP contribution in [-0.4, -0.2) is 22.4 Å². The molecule has 0 atom stereocenters. The summed E-state index contributed by atoms with van der Waals surface area (Å²) in [5, 5.41) is 5.97. The van der Waals surface area contributed by atoms with Crippen LogP contribution in [0.5, 0.6) is 0 Å². The van der Waals surface area contributed by atoms with Crippen LogP contribution < -0.4 is 10.6 Å². The summed E-state index contributed by atoms with van der Waals surface area (Å²) in [5.41, 5.74) is 1.03. The molecule has 1 aromatic carbocycles. The van der Waals surface area contributed by atoms with Crippen LogP contribution in [0.2, 0.25) is 10.3 Å². The number of rotatable bonds is 5. The van der Waals surface area contributed by atoms with E-state index in [-0.39, 0.29) is 17.7 Å². The maximum Gasteiger partial charge on any atom is 0.239 e. The maximum absolute atomic E-state index is 11.7. The van der Waals surface area contributed by atoms with E-state index in [1.54, 1.807) is 0 Å². The number of anilines is 1. The van der Waals surface area contributed by atoms with Crippen LogP contribution in [-0.2, 0) is 11.3 Å². The molecule has 1 amide bonds. The zero-order chi connectivity index (χ0) is 14.4. The summed E-state index contributed by atoms with van der Waals surface area (Å²) in [6.45, 7) is 0.527. The third-order valence-corrected chi connectivity index (χ3v) is 2.92. The van der Waals surface area contributed by atoms with E-state index in [1.165, 1.54) is 6.20 Å². The van der Waals surface area contributed by atoms with Gasteiger partial charge < -0.3 is 10.6 Å². The first-order valence-corrected chi connectivity index (χ1v) is 6.63. The molecule has 104 valence electrons. The Morgan fingerprint density at radius 1 is 1.20 bits per heavy atom. The molecule has 0 aliphatic heterocycles. The van der Waals surface area contributed by atoms with E-state index < -0.39 is 0 Å². The van der Waals surface area contributed by atoms with Gasteiger partial charge in [-0.15, -0.1) is 0 Å². The van der Waals surface area contributed by atoms with Gasteiger partial charge in [0.05, 0.1) is 12.7 Å². The van der Waals surface area contributed by atoms with Crippen LogP contribution in [0.4, 0.5) is 5.82 Å². The molecule has 7 heteroatoms. The maximum atomic E-state index is 11.7. The van der Waals surface area contributed by atoms with Crippen molar-refractivity contribution in [2.45, 2.75) is 6.54 Å². The van der Waals surface area contributed by atoms with Gasteiger partial charge in [-0.25, -0.2) is 4.98 Å². The largest absolute Gasteiger partial charge is 0.360 e. The second-order valence-corrected chi connectivity index (χ2v) is 4.70. The molecule has 5 nitrogen and oxygen atoms in total. The summed E-state index contributed by atoms with van der Waals surface area (Å²) < 4.78 is 0. The van der Waals surface area contributed by atoms with E-state index in [0.717, 1.165) is 5.56 Å². The van der Waals surface area contributed by atoms with Crippen molar-refractivity contribution in [1.29, 1.82) is 0 Å². The van der Waals surface area contributed by atoms with Gasteiger partial charge in [-0.05, 0) is 17.2 Å². The van der Waals surface area contributed by atoms with Gasteiger partial charge in [-0.1, -0.05) is 41.9 Å². The number of amides is 1. The van der Waals surface area contributed by atoms with Crippen LogP contribution in [0.15, 0.2) is 36.5 Å². The molecule has 0 saturated heterocycles. The number of halogens is 2. The van der Waals surface area contributed by atoms with Gasteiger partial charge in [0.2, 0.25) is 11.2 Å². The van der Waals surface area contributed by atoms with Crippen molar-refractivity contribution in [3.05, 3.63) is 52.4 Å². The highest BCUT2D eigenvalue weighted by molar-refractivity contribution is 6.33. The van der Waals surface area contributed by atoms with Gasteiger partial charge in [-0.2, -0.15) is 4.98 Å². The molecule has 1 aromatic heterocycles. The fourth-order valence-electron chi connectivity index (χ4n) is 1.49. The molecule has 2 aromatic rings. The SMILES string of the molecule is O=C(CNc1nc(Cl)ncc1Cl)NCc1ccccc1. The molecular weight excluding hydrogens is 299 g/mol. The van der Waals surface area contributed by atoms with Gasteiger partial charge >= 0.3 is 0 Å². The standard InChI is InChI=1S/C13H12Cl2N4O/c14-10-7-18-13(15)19-12(10)17-8-11(20)16-6-9-4-2-1-3-5-9/h1-5,7H,6,8H2,(H,16,20)(H,17,18,19). The Morgan fingerprint density at radius 3 is 2.70 bits per heavy atom. The second kappa shape index (κ2) is 7.07. The Kier molecular flexibility index (Phi) is 5.15. The zero-order valence-corrected chi connectivity index (χ0v) is 11.9. The zero-order valence-electron chi connectivity index (χ0n) is 10.4. The monoisotopic (exact) mass is 310 g/mol. The van der Waals surface area contributed by atoms with E-state index in [1.807, 2.05) is 30.3 Å². The Balaban J connectivity index is 1.82. The molecule has 0 bridgehead atoms. The van der Waals surface area contributed by atoms with Crippen LogP contribution in [0.3, 0.4) is 0 Å². The third-order valence-electron chi connectivity index (χ3n) is 2.46. The lowest BCUT2D eigenvalue weighted by Crippen LogP contribution is -2.29. The van der Waals surface area contributed by atoms with E-state index in [2.05, 4.69) is 20.6 Å². The summed E-state index contributed by atoms with van der Waals surface area (Å²) in [7, 11) is 0. The number of carbonyl (C=O) groups excluding carboxylic acids is 1. The third kappa shape index (κ3) is 4.36. The average Bonchev–Trinajstić information content (AvgIpc) is 2.47. The number of benzene rings is 1. The van der Waals surface area contributed by atoms with Crippen LogP contribution in [0.1, 0.15) is 5.56 Å². The lowest BCUT2D eigenvalue weighted by Gasteiger charge is -2.08. The van der Waals surface area contributed by atoms with Gasteiger partial charge in [0.25, 0.3) is 0 Å². The Bertz CT molecular complexity index is 592. The number of carbonyl (C=O) groups is 1. The summed E-state index contributed by atoms with van der Waals surface area (Å²) in [5.74, 6) is 0.168. The quantitative estimate of drug-likeness (QED) is 0.833. The highest BCUT2D eigenvalue weighted by Gasteiger charge is 2.06. The number of nitrogens with zero attached hydrogens (tertiary/aromatic N) is 2. The summed E-state index contributed by atoms with van der Waals surface area (Å²) in [6.07, 6.45) is 1.38. The molecule has 0 radical (unpaired) electrons. The van der Waals surface area contributed by atoms with Crippen molar-refractivity contribution >= 4 is 34.9 Å². The van der Waals surface area contributed by atoms with Gasteiger partial charge in [0.1, 0.15) is 10.8 Å².